The average Bonchev–Trinajstić information content (AvgIpc) is 3.15. The van der Waals surface area contributed by atoms with Crippen LogP contribution in [0.2, 0.25) is 0 Å². The predicted molar refractivity (Wildman–Crippen MR) is 120 cm³/mol. The molecule has 0 unspecified atom stereocenters. The minimum Gasteiger partial charge on any atom is -0.462 e. The number of anilines is 5. The van der Waals surface area contributed by atoms with Crippen molar-refractivity contribution >= 4 is 55.7 Å². The van der Waals surface area contributed by atoms with E-state index in [2.05, 4.69) is 25.6 Å². The van der Waals surface area contributed by atoms with Crippen LogP contribution < -0.4 is 16.4 Å². The van der Waals surface area contributed by atoms with E-state index in [9.17, 15) is 4.79 Å². The Bertz CT molecular complexity index is 1220. The lowest BCUT2D eigenvalue weighted by Crippen LogP contribution is -2.10. The molecule has 0 aliphatic heterocycles. The Kier molecular flexibility index (Phi) is 5.44. The molecule has 4 rings (SSSR count). The molecule has 0 saturated carbocycles. The zero-order valence-corrected chi connectivity index (χ0v) is 17.3. The van der Waals surface area contributed by atoms with E-state index in [0.29, 0.717) is 40.3 Å². The Morgan fingerprint density at radius 2 is 1.87 bits per heavy atom. The highest BCUT2D eigenvalue weighted by Crippen LogP contribution is 2.33. The van der Waals surface area contributed by atoms with Crippen LogP contribution in [-0.2, 0) is 4.74 Å². The summed E-state index contributed by atoms with van der Waals surface area (Å²) in [4.78, 5) is 25.3. The van der Waals surface area contributed by atoms with E-state index in [1.165, 1.54) is 17.7 Å². The Morgan fingerprint density at radius 3 is 2.63 bits per heavy atom. The molecule has 4 N–H and O–H groups in total. The number of hydrogen-bond acceptors (Lipinski definition) is 9. The van der Waals surface area contributed by atoms with Gasteiger partial charge in [-0.25, -0.2) is 19.7 Å². The van der Waals surface area contributed by atoms with E-state index < -0.39 is 5.97 Å². The molecular weight excluding hydrogens is 400 g/mol. The van der Waals surface area contributed by atoms with Crippen LogP contribution in [0, 0.1) is 6.92 Å². The second-order valence-electron chi connectivity index (χ2n) is 6.44. The van der Waals surface area contributed by atoms with Crippen molar-refractivity contribution in [3.8, 4) is 0 Å². The van der Waals surface area contributed by atoms with Gasteiger partial charge in [0.15, 0.2) is 16.8 Å². The van der Waals surface area contributed by atoms with Crippen LogP contribution in [0.15, 0.2) is 48.8 Å². The lowest BCUT2D eigenvalue weighted by atomic mass is 10.2. The van der Waals surface area contributed by atoms with Gasteiger partial charge in [0.1, 0.15) is 12.0 Å². The van der Waals surface area contributed by atoms with E-state index in [-0.39, 0.29) is 0 Å². The third-order valence-electron chi connectivity index (χ3n) is 4.41. The van der Waals surface area contributed by atoms with E-state index in [1.807, 2.05) is 31.2 Å². The molecular formula is C21H20N6O2S. The van der Waals surface area contributed by atoms with Gasteiger partial charge in [0, 0.05) is 0 Å². The fraction of sp³-hybridized carbons (Fsp3) is 0.143. The molecule has 8 nitrogen and oxygen atoms in total. The van der Waals surface area contributed by atoms with Crippen molar-refractivity contribution in [2.75, 3.05) is 23.0 Å². The molecule has 2 heterocycles. The summed E-state index contributed by atoms with van der Waals surface area (Å²) in [6, 6.07) is 13.1. The third-order valence-corrected chi connectivity index (χ3v) is 5.34. The molecule has 0 saturated heterocycles. The van der Waals surface area contributed by atoms with Crippen molar-refractivity contribution in [3.05, 3.63) is 59.9 Å². The van der Waals surface area contributed by atoms with Crippen molar-refractivity contribution in [2.45, 2.75) is 13.8 Å². The SMILES string of the molecule is CCOC(=O)c1ccccc1Nc1ncnc(Nc2nc3c(C)cccc3s2)c1N. The van der Waals surface area contributed by atoms with Gasteiger partial charge in [0.25, 0.3) is 0 Å². The third kappa shape index (κ3) is 3.87. The quantitative estimate of drug-likeness (QED) is 0.386. The zero-order valence-electron chi connectivity index (χ0n) is 16.5. The highest BCUT2D eigenvalue weighted by Gasteiger charge is 2.16. The molecule has 0 radical (unpaired) electrons. The maximum atomic E-state index is 12.2. The smallest absolute Gasteiger partial charge is 0.340 e. The average molecular weight is 420 g/mol. The highest BCUT2D eigenvalue weighted by molar-refractivity contribution is 7.22. The molecule has 0 amide bonds. The maximum absolute atomic E-state index is 12.2. The number of thiazole rings is 1. The number of nitrogens with zero attached hydrogens (tertiary/aromatic N) is 3. The van der Waals surface area contributed by atoms with E-state index >= 15 is 0 Å². The lowest BCUT2D eigenvalue weighted by Gasteiger charge is -2.13. The van der Waals surface area contributed by atoms with Gasteiger partial charge in [-0.1, -0.05) is 35.6 Å². The molecule has 2 aromatic heterocycles. The van der Waals surface area contributed by atoms with Crippen LogP contribution >= 0.6 is 11.3 Å². The fourth-order valence-corrected chi connectivity index (χ4v) is 3.89. The lowest BCUT2D eigenvalue weighted by molar-refractivity contribution is 0.0527. The van der Waals surface area contributed by atoms with Crippen molar-refractivity contribution in [2.24, 2.45) is 0 Å². The van der Waals surface area contributed by atoms with Gasteiger partial charge in [0.05, 0.1) is 28.1 Å². The van der Waals surface area contributed by atoms with Gasteiger partial charge in [-0.05, 0) is 37.6 Å². The number of nitrogens with two attached hydrogens (primary N) is 1. The number of esters is 1. The summed E-state index contributed by atoms with van der Waals surface area (Å²) < 4.78 is 6.19. The van der Waals surface area contributed by atoms with Gasteiger partial charge in [-0.15, -0.1) is 0 Å². The van der Waals surface area contributed by atoms with Crippen LogP contribution in [0.5, 0.6) is 0 Å². The molecule has 152 valence electrons. The summed E-state index contributed by atoms with van der Waals surface area (Å²) in [6.45, 7) is 4.07. The largest absolute Gasteiger partial charge is 0.462 e. The monoisotopic (exact) mass is 420 g/mol. The zero-order chi connectivity index (χ0) is 21.1. The van der Waals surface area contributed by atoms with E-state index in [1.54, 1.807) is 25.1 Å². The van der Waals surface area contributed by atoms with E-state index in [4.69, 9.17) is 10.5 Å². The molecule has 0 aliphatic carbocycles. The topological polar surface area (TPSA) is 115 Å². The number of aryl methyl sites for hydroxylation is 1. The number of aromatic nitrogens is 3. The summed E-state index contributed by atoms with van der Waals surface area (Å²) in [5.74, 6) is 0.385. The number of rotatable bonds is 6. The number of benzene rings is 2. The molecule has 0 atom stereocenters. The Hall–Kier alpha value is -3.72. The second kappa shape index (κ2) is 8.34. The number of nitrogens with one attached hydrogen (secondary N) is 2. The van der Waals surface area contributed by atoms with Crippen LogP contribution in [-0.4, -0.2) is 27.5 Å². The number of para-hydroxylation sites is 2. The molecule has 0 bridgehead atoms. The number of hydrogen-bond donors (Lipinski definition) is 3. The summed E-state index contributed by atoms with van der Waals surface area (Å²) in [5, 5.41) is 6.96. The predicted octanol–water partition coefficient (Wildman–Crippen LogP) is 4.64. The molecule has 9 heteroatoms. The first-order valence-electron chi connectivity index (χ1n) is 9.33. The highest BCUT2D eigenvalue weighted by atomic mass is 32.1. The first kappa shape index (κ1) is 19.6. The van der Waals surface area contributed by atoms with Crippen molar-refractivity contribution in [1.82, 2.24) is 15.0 Å². The van der Waals surface area contributed by atoms with Gasteiger partial charge < -0.3 is 21.1 Å². The number of nitrogen functional groups attached to an aromatic ring is 1. The standard InChI is InChI=1S/C21H20N6O2S/c1-3-29-20(28)13-8-4-5-9-14(13)25-18-16(22)19(24-11-23-18)27-21-26-17-12(2)7-6-10-15(17)30-21/h4-11H,3,22H2,1-2H3,(H2,23,24,25,26,27). The number of carbonyl (C=O) groups is 1. The number of ether oxygens (including phenoxy) is 1. The van der Waals surface area contributed by atoms with Crippen LogP contribution in [0.1, 0.15) is 22.8 Å². The Morgan fingerprint density at radius 1 is 1.10 bits per heavy atom. The minimum atomic E-state index is -0.420. The van der Waals surface area contributed by atoms with Gasteiger partial charge in [-0.3, -0.25) is 0 Å². The molecule has 0 spiro atoms. The molecule has 30 heavy (non-hydrogen) atoms. The molecule has 4 aromatic rings. The van der Waals surface area contributed by atoms with Gasteiger partial charge >= 0.3 is 5.97 Å². The fourth-order valence-electron chi connectivity index (χ4n) is 2.94. The Labute approximate surface area is 177 Å². The van der Waals surface area contributed by atoms with Crippen molar-refractivity contribution < 1.29 is 9.53 Å². The molecule has 0 aliphatic rings. The maximum Gasteiger partial charge on any atom is 0.340 e. The van der Waals surface area contributed by atoms with Gasteiger partial charge in [0.2, 0.25) is 0 Å². The number of carbonyl (C=O) groups excluding carboxylic acids is 1. The summed E-state index contributed by atoms with van der Waals surface area (Å²) in [6.07, 6.45) is 1.40. The van der Waals surface area contributed by atoms with E-state index in [0.717, 1.165) is 15.8 Å². The number of fused-ring (bicyclic) bond motifs is 1. The Balaban J connectivity index is 1.62. The van der Waals surface area contributed by atoms with Crippen molar-refractivity contribution in [1.29, 1.82) is 0 Å². The summed E-state index contributed by atoms with van der Waals surface area (Å²) in [7, 11) is 0. The van der Waals surface area contributed by atoms with Gasteiger partial charge in [-0.2, -0.15) is 0 Å². The first-order chi connectivity index (χ1) is 14.6. The molecule has 0 fully saturated rings. The van der Waals surface area contributed by atoms with Crippen LogP contribution in [0.3, 0.4) is 0 Å². The second-order valence-corrected chi connectivity index (χ2v) is 7.47. The summed E-state index contributed by atoms with van der Waals surface area (Å²) in [5.41, 5.74) is 9.60. The van der Waals surface area contributed by atoms with Crippen molar-refractivity contribution in [3.63, 3.8) is 0 Å². The minimum absolute atomic E-state index is 0.290. The van der Waals surface area contributed by atoms with Crippen LogP contribution in [0.25, 0.3) is 10.2 Å². The molecule has 2 aromatic carbocycles. The summed E-state index contributed by atoms with van der Waals surface area (Å²) >= 11 is 1.52. The normalized spacial score (nSPS) is 10.7. The first-order valence-corrected chi connectivity index (χ1v) is 10.1. The van der Waals surface area contributed by atoms with Crippen LogP contribution in [0.4, 0.5) is 28.1 Å².